The molecule has 2 unspecified atom stereocenters. The quantitative estimate of drug-likeness (QED) is 0.258. The largest absolute Gasteiger partial charge is 0.234 e. The fourth-order valence-corrected chi connectivity index (χ4v) is 7.86. The molecule has 0 radical (unpaired) electrons. The molecule has 1 spiro atoms. The standard InChI is InChI=1S/C33H24N2OS/c36-37-33(29-22-12-10-20-27(29)28-21-11-13-23-30(28)33)31(24-14-4-1-5-15-24)32(25-16-6-2-7-17-25)34-35(37)26-18-8-3-9-19-26/h1-23,31H. The van der Waals surface area contributed by atoms with Crippen LogP contribution in [0.25, 0.3) is 11.1 Å². The van der Waals surface area contributed by atoms with Crippen LogP contribution in [-0.4, -0.2) is 9.92 Å². The fraction of sp³-hybridized carbons (Fsp3) is 0.0606. The second-order valence-corrected chi connectivity index (χ2v) is 10.9. The van der Waals surface area contributed by atoms with E-state index in [1.165, 1.54) is 0 Å². The van der Waals surface area contributed by atoms with Gasteiger partial charge in [-0.1, -0.05) is 127 Å². The van der Waals surface area contributed by atoms with E-state index in [0.29, 0.717) is 0 Å². The summed E-state index contributed by atoms with van der Waals surface area (Å²) in [5.41, 5.74) is 8.25. The minimum Gasteiger partial charge on any atom is -0.234 e. The third-order valence-corrected chi connectivity index (χ3v) is 9.27. The van der Waals surface area contributed by atoms with E-state index in [4.69, 9.17) is 5.10 Å². The lowest BCUT2D eigenvalue weighted by atomic mass is 9.74. The number of nitrogens with zero attached hydrogens (tertiary/aromatic N) is 2. The Kier molecular flexibility index (Phi) is 5.15. The third-order valence-electron chi connectivity index (χ3n) is 7.44. The molecule has 0 saturated heterocycles. The van der Waals surface area contributed by atoms with Crippen LogP contribution in [0, 0.1) is 0 Å². The molecule has 2 atom stereocenters. The molecular formula is C33H24N2OS. The predicted molar refractivity (Wildman–Crippen MR) is 152 cm³/mol. The van der Waals surface area contributed by atoms with E-state index in [1.807, 2.05) is 54.6 Å². The van der Waals surface area contributed by atoms with Crippen molar-refractivity contribution < 1.29 is 4.21 Å². The van der Waals surface area contributed by atoms with E-state index in [1.54, 1.807) is 4.41 Å². The summed E-state index contributed by atoms with van der Waals surface area (Å²) < 4.78 is 16.0. The van der Waals surface area contributed by atoms with Crippen LogP contribution >= 0.6 is 0 Å². The van der Waals surface area contributed by atoms with Gasteiger partial charge in [-0.25, -0.2) is 4.21 Å². The number of hydrogen-bond acceptors (Lipinski definition) is 2. The van der Waals surface area contributed by atoms with E-state index >= 15 is 4.21 Å². The van der Waals surface area contributed by atoms with E-state index in [0.717, 1.165) is 44.8 Å². The number of fused-ring (bicyclic) bond motifs is 5. The van der Waals surface area contributed by atoms with Gasteiger partial charge in [-0.15, -0.1) is 0 Å². The van der Waals surface area contributed by atoms with Crippen molar-refractivity contribution in [3.8, 4) is 11.1 Å². The molecule has 3 nitrogen and oxygen atoms in total. The molecule has 37 heavy (non-hydrogen) atoms. The molecule has 0 fully saturated rings. The lowest BCUT2D eigenvalue weighted by molar-refractivity contribution is 0.607. The van der Waals surface area contributed by atoms with Crippen LogP contribution in [0.5, 0.6) is 0 Å². The Hall–Kier alpha value is -4.28. The molecular weight excluding hydrogens is 472 g/mol. The molecule has 5 aromatic carbocycles. The van der Waals surface area contributed by atoms with Gasteiger partial charge in [-0.3, -0.25) is 0 Å². The van der Waals surface area contributed by atoms with Crippen molar-refractivity contribution in [2.24, 2.45) is 5.10 Å². The highest BCUT2D eigenvalue weighted by atomic mass is 32.2. The fourth-order valence-electron chi connectivity index (χ4n) is 5.93. The first-order valence-corrected chi connectivity index (χ1v) is 13.6. The molecule has 5 aromatic rings. The van der Waals surface area contributed by atoms with Crippen LogP contribution < -0.4 is 4.41 Å². The predicted octanol–water partition coefficient (Wildman–Crippen LogP) is 7.28. The average Bonchev–Trinajstić information content (AvgIpc) is 3.27. The highest BCUT2D eigenvalue weighted by Crippen LogP contribution is 2.60. The van der Waals surface area contributed by atoms with Crippen LogP contribution in [-0.2, 0) is 15.7 Å². The van der Waals surface area contributed by atoms with Crippen molar-refractivity contribution in [2.45, 2.75) is 10.7 Å². The average molecular weight is 497 g/mol. The van der Waals surface area contributed by atoms with Crippen LogP contribution in [0.4, 0.5) is 5.69 Å². The monoisotopic (exact) mass is 496 g/mol. The Balaban J connectivity index is 1.63. The van der Waals surface area contributed by atoms with Gasteiger partial charge in [0.25, 0.3) is 0 Å². The Bertz CT molecular complexity index is 1600. The normalized spacial score (nSPS) is 19.2. The summed E-state index contributed by atoms with van der Waals surface area (Å²) in [5.74, 6) is -0.262. The molecule has 7 rings (SSSR count). The van der Waals surface area contributed by atoms with E-state index in [-0.39, 0.29) is 5.92 Å². The molecule has 0 N–H and O–H groups in total. The SMILES string of the molecule is O=S1N(c2ccccc2)N=C(c2ccccc2)C(c2ccccc2)C12c1ccccc1-c1ccccc12. The number of anilines is 1. The van der Waals surface area contributed by atoms with Gasteiger partial charge in [0, 0.05) is 0 Å². The van der Waals surface area contributed by atoms with Gasteiger partial charge in [0.2, 0.25) is 0 Å². The number of benzene rings is 5. The summed E-state index contributed by atoms with van der Waals surface area (Å²) >= 11 is 0. The first-order chi connectivity index (χ1) is 18.3. The molecule has 1 aliphatic heterocycles. The third kappa shape index (κ3) is 3.19. The highest BCUT2D eigenvalue weighted by molar-refractivity contribution is 7.87. The summed E-state index contributed by atoms with van der Waals surface area (Å²) in [6, 6.07) is 47.5. The molecule has 1 aliphatic carbocycles. The van der Waals surface area contributed by atoms with Crippen molar-refractivity contribution in [1.29, 1.82) is 0 Å². The lowest BCUT2D eigenvalue weighted by Gasteiger charge is -2.45. The Morgan fingerprint density at radius 3 is 1.68 bits per heavy atom. The van der Waals surface area contributed by atoms with Crippen molar-refractivity contribution in [3.05, 3.63) is 162 Å². The maximum absolute atomic E-state index is 15.2. The van der Waals surface area contributed by atoms with Gasteiger partial charge < -0.3 is 0 Å². The molecule has 4 heteroatoms. The first kappa shape index (κ1) is 22.0. The second-order valence-electron chi connectivity index (χ2n) is 9.38. The highest BCUT2D eigenvalue weighted by Gasteiger charge is 2.59. The van der Waals surface area contributed by atoms with Crippen molar-refractivity contribution in [2.75, 3.05) is 4.41 Å². The summed E-state index contributed by atoms with van der Waals surface area (Å²) in [6.45, 7) is 0. The Morgan fingerprint density at radius 2 is 1.08 bits per heavy atom. The Morgan fingerprint density at radius 1 is 0.595 bits per heavy atom. The molecule has 178 valence electrons. The lowest BCUT2D eigenvalue weighted by Crippen LogP contribution is -2.51. The molecule has 2 aliphatic rings. The van der Waals surface area contributed by atoms with Crippen LogP contribution in [0.3, 0.4) is 0 Å². The smallest absolute Gasteiger partial charge is 0.157 e. The minimum atomic E-state index is -1.56. The van der Waals surface area contributed by atoms with Gasteiger partial charge in [-0.05, 0) is 45.5 Å². The second kappa shape index (κ2) is 8.68. The van der Waals surface area contributed by atoms with E-state index in [9.17, 15) is 0 Å². The zero-order valence-corrected chi connectivity index (χ0v) is 20.9. The van der Waals surface area contributed by atoms with Crippen molar-refractivity contribution >= 4 is 22.4 Å². The molecule has 0 amide bonds. The minimum absolute atomic E-state index is 0.262. The van der Waals surface area contributed by atoms with E-state index in [2.05, 4.69) is 84.9 Å². The first-order valence-electron chi connectivity index (χ1n) is 12.5. The maximum atomic E-state index is 15.2. The summed E-state index contributed by atoms with van der Waals surface area (Å²) in [6.07, 6.45) is 0. The number of hydrazone groups is 1. The number of hydrogen-bond donors (Lipinski definition) is 0. The molecule has 1 heterocycles. The number of para-hydroxylation sites is 1. The number of rotatable bonds is 3. The van der Waals surface area contributed by atoms with Gasteiger partial charge in [0.15, 0.2) is 11.0 Å². The van der Waals surface area contributed by atoms with Crippen LogP contribution in [0.15, 0.2) is 145 Å². The van der Waals surface area contributed by atoms with E-state index < -0.39 is 15.7 Å². The summed E-state index contributed by atoms with van der Waals surface area (Å²) in [5, 5.41) is 5.18. The van der Waals surface area contributed by atoms with Gasteiger partial charge in [0.1, 0.15) is 4.75 Å². The zero-order valence-electron chi connectivity index (χ0n) is 20.1. The van der Waals surface area contributed by atoms with Gasteiger partial charge in [0.05, 0.1) is 17.3 Å². The molecule has 0 saturated carbocycles. The summed E-state index contributed by atoms with van der Waals surface area (Å²) in [4.78, 5) is 0. The summed E-state index contributed by atoms with van der Waals surface area (Å²) in [7, 11) is -1.56. The van der Waals surface area contributed by atoms with Crippen molar-refractivity contribution in [1.82, 2.24) is 0 Å². The van der Waals surface area contributed by atoms with Gasteiger partial charge >= 0.3 is 0 Å². The van der Waals surface area contributed by atoms with Gasteiger partial charge in [-0.2, -0.15) is 9.52 Å². The van der Waals surface area contributed by atoms with Crippen LogP contribution in [0.2, 0.25) is 0 Å². The zero-order chi connectivity index (χ0) is 24.8. The topological polar surface area (TPSA) is 32.7 Å². The molecule has 0 aromatic heterocycles. The van der Waals surface area contributed by atoms with Crippen molar-refractivity contribution in [3.63, 3.8) is 0 Å². The maximum Gasteiger partial charge on any atom is 0.157 e. The van der Waals surface area contributed by atoms with Crippen LogP contribution in [0.1, 0.15) is 28.2 Å². The molecule has 0 bridgehead atoms. The Labute approximate surface area is 219 Å².